The molecule has 0 radical (unpaired) electrons. The van der Waals surface area contributed by atoms with Crippen molar-refractivity contribution in [2.45, 2.75) is 19.9 Å². The van der Waals surface area contributed by atoms with Crippen LogP contribution in [0.5, 0.6) is 5.75 Å². The van der Waals surface area contributed by atoms with Crippen LogP contribution < -0.4 is 10.1 Å². The Kier molecular flexibility index (Phi) is 5.10. The molecule has 0 unspecified atom stereocenters. The molecule has 1 amide bonds. The van der Waals surface area contributed by atoms with Crippen molar-refractivity contribution < 1.29 is 9.53 Å². The molecule has 1 aromatic carbocycles. The Morgan fingerprint density at radius 1 is 1.43 bits per heavy atom. The number of benzene rings is 1. The quantitative estimate of drug-likeness (QED) is 0.802. The van der Waals surface area contributed by atoms with Gasteiger partial charge in [0.25, 0.3) is 0 Å². The summed E-state index contributed by atoms with van der Waals surface area (Å²) in [6, 6.07) is 7.44. The zero-order chi connectivity index (χ0) is 15.2. The maximum absolute atomic E-state index is 11.9. The maximum Gasteiger partial charge on any atom is 0.240 e. The van der Waals surface area contributed by atoms with E-state index in [4.69, 9.17) is 17.0 Å². The molecule has 0 spiro atoms. The van der Waals surface area contributed by atoms with E-state index < -0.39 is 0 Å². The van der Waals surface area contributed by atoms with Gasteiger partial charge in [0.2, 0.25) is 5.91 Å². The van der Waals surface area contributed by atoms with Crippen molar-refractivity contribution in [1.29, 1.82) is 0 Å². The number of ether oxygens (including phenoxy) is 1. The summed E-state index contributed by atoms with van der Waals surface area (Å²) in [5.74, 6) is 1.32. The Hall–Kier alpha value is -2.15. The topological polar surface area (TPSA) is 71.9 Å². The van der Waals surface area contributed by atoms with Gasteiger partial charge in [-0.2, -0.15) is 5.10 Å². The number of hydrogen-bond acceptors (Lipinski definition) is 4. The normalized spacial score (nSPS) is 10.4. The molecule has 21 heavy (non-hydrogen) atoms. The Bertz CT molecular complexity index is 660. The smallest absolute Gasteiger partial charge is 0.240 e. The lowest BCUT2D eigenvalue weighted by Gasteiger charge is -2.08. The van der Waals surface area contributed by atoms with Crippen molar-refractivity contribution in [2.24, 2.45) is 0 Å². The van der Waals surface area contributed by atoms with E-state index in [2.05, 4.69) is 15.5 Å². The number of hydrogen-bond donors (Lipinski definition) is 2. The molecule has 6 nitrogen and oxygen atoms in total. The van der Waals surface area contributed by atoms with Gasteiger partial charge in [-0.1, -0.05) is 6.92 Å². The highest BCUT2D eigenvalue weighted by molar-refractivity contribution is 7.71. The Labute approximate surface area is 128 Å². The number of H-pyrrole nitrogens is 1. The second kappa shape index (κ2) is 7.03. The Balaban J connectivity index is 2.24. The van der Waals surface area contributed by atoms with Gasteiger partial charge in [0.1, 0.15) is 12.3 Å². The summed E-state index contributed by atoms with van der Waals surface area (Å²) in [5, 5.41) is 9.76. The standard InChI is InChI=1S/C14H18N4O2S/c1-3-8-15-12(19)9-18-13(16-17-14(18)21)10-4-6-11(20-2)7-5-10/h4-7H,3,8-9H2,1-2H3,(H,15,19)(H,17,21). The van der Waals surface area contributed by atoms with E-state index >= 15 is 0 Å². The molecule has 0 aliphatic heterocycles. The third-order valence-electron chi connectivity index (χ3n) is 2.98. The summed E-state index contributed by atoms with van der Waals surface area (Å²) < 4.78 is 7.24. The van der Waals surface area contributed by atoms with Crippen LogP contribution in [0.2, 0.25) is 0 Å². The predicted molar refractivity (Wildman–Crippen MR) is 82.7 cm³/mol. The lowest BCUT2D eigenvalue weighted by molar-refractivity contribution is -0.121. The number of aromatic amines is 1. The van der Waals surface area contributed by atoms with Gasteiger partial charge in [-0.15, -0.1) is 0 Å². The number of carbonyl (C=O) groups excluding carboxylic acids is 1. The zero-order valence-corrected chi connectivity index (χ0v) is 12.9. The molecule has 1 heterocycles. The van der Waals surface area contributed by atoms with Crippen LogP contribution in [-0.4, -0.2) is 34.3 Å². The lowest BCUT2D eigenvalue weighted by atomic mass is 10.2. The minimum Gasteiger partial charge on any atom is -0.497 e. The van der Waals surface area contributed by atoms with Crippen LogP contribution in [0.15, 0.2) is 24.3 Å². The molecule has 2 rings (SSSR count). The number of carbonyl (C=O) groups is 1. The fourth-order valence-electron chi connectivity index (χ4n) is 1.89. The number of methoxy groups -OCH3 is 1. The van der Waals surface area contributed by atoms with Crippen molar-refractivity contribution in [3.63, 3.8) is 0 Å². The highest BCUT2D eigenvalue weighted by Gasteiger charge is 2.12. The number of nitrogens with one attached hydrogen (secondary N) is 2. The third-order valence-corrected chi connectivity index (χ3v) is 3.29. The van der Waals surface area contributed by atoms with E-state index in [0.29, 0.717) is 17.1 Å². The van der Waals surface area contributed by atoms with Crippen LogP contribution >= 0.6 is 12.2 Å². The molecule has 0 saturated carbocycles. The summed E-state index contributed by atoms with van der Waals surface area (Å²) in [4.78, 5) is 11.9. The van der Waals surface area contributed by atoms with Crippen molar-refractivity contribution in [1.82, 2.24) is 20.1 Å². The van der Waals surface area contributed by atoms with E-state index in [-0.39, 0.29) is 12.5 Å². The zero-order valence-electron chi connectivity index (χ0n) is 12.0. The van der Waals surface area contributed by atoms with Gasteiger partial charge in [0.05, 0.1) is 7.11 Å². The first kappa shape index (κ1) is 15.2. The van der Waals surface area contributed by atoms with Gasteiger partial charge >= 0.3 is 0 Å². The van der Waals surface area contributed by atoms with E-state index in [9.17, 15) is 4.79 Å². The van der Waals surface area contributed by atoms with Crippen LogP contribution in [0.4, 0.5) is 0 Å². The molecule has 112 valence electrons. The second-order valence-electron chi connectivity index (χ2n) is 4.52. The molecule has 0 bridgehead atoms. The number of amides is 1. The van der Waals surface area contributed by atoms with Gasteiger partial charge in [-0.05, 0) is 42.9 Å². The summed E-state index contributed by atoms with van der Waals surface area (Å²) in [6.45, 7) is 2.81. The molecule has 2 aromatic rings. The highest BCUT2D eigenvalue weighted by atomic mass is 32.1. The van der Waals surface area contributed by atoms with Crippen LogP contribution in [0, 0.1) is 4.77 Å². The molecule has 0 aliphatic carbocycles. The van der Waals surface area contributed by atoms with Gasteiger partial charge < -0.3 is 10.1 Å². The molecule has 0 fully saturated rings. The van der Waals surface area contributed by atoms with Gasteiger partial charge in [0, 0.05) is 12.1 Å². The average Bonchev–Trinajstić information content (AvgIpc) is 2.86. The lowest BCUT2D eigenvalue weighted by Crippen LogP contribution is -2.28. The maximum atomic E-state index is 11.9. The third kappa shape index (κ3) is 3.69. The van der Waals surface area contributed by atoms with Gasteiger partial charge in [-0.3, -0.25) is 14.5 Å². The number of rotatable bonds is 6. The van der Waals surface area contributed by atoms with Crippen molar-refractivity contribution in [2.75, 3.05) is 13.7 Å². The van der Waals surface area contributed by atoms with E-state index in [1.54, 1.807) is 11.7 Å². The van der Waals surface area contributed by atoms with Crippen molar-refractivity contribution in [3.8, 4) is 17.1 Å². The minimum atomic E-state index is -0.0795. The first-order valence-corrected chi connectivity index (χ1v) is 7.13. The molecule has 2 N–H and O–H groups in total. The summed E-state index contributed by atoms with van der Waals surface area (Å²) in [7, 11) is 1.61. The molecule has 0 aliphatic rings. The summed E-state index contributed by atoms with van der Waals surface area (Å²) in [5.41, 5.74) is 0.867. The number of nitrogens with zero attached hydrogens (tertiary/aromatic N) is 2. The Morgan fingerprint density at radius 3 is 2.76 bits per heavy atom. The predicted octanol–water partition coefficient (Wildman–Crippen LogP) is 2.14. The minimum absolute atomic E-state index is 0.0795. The van der Waals surface area contributed by atoms with Crippen LogP contribution in [-0.2, 0) is 11.3 Å². The van der Waals surface area contributed by atoms with E-state index in [1.807, 2.05) is 31.2 Å². The average molecular weight is 306 g/mol. The number of aromatic nitrogens is 3. The monoisotopic (exact) mass is 306 g/mol. The van der Waals surface area contributed by atoms with Crippen molar-refractivity contribution >= 4 is 18.1 Å². The van der Waals surface area contributed by atoms with Crippen LogP contribution in [0.3, 0.4) is 0 Å². The molecule has 7 heteroatoms. The Morgan fingerprint density at radius 2 is 2.14 bits per heavy atom. The molecule has 0 atom stereocenters. The summed E-state index contributed by atoms with van der Waals surface area (Å²) in [6.07, 6.45) is 0.897. The fraction of sp³-hybridized carbons (Fsp3) is 0.357. The molecule has 0 saturated heterocycles. The van der Waals surface area contributed by atoms with Crippen LogP contribution in [0.1, 0.15) is 13.3 Å². The van der Waals surface area contributed by atoms with Gasteiger partial charge in [-0.25, -0.2) is 0 Å². The highest BCUT2D eigenvalue weighted by Crippen LogP contribution is 2.20. The fourth-order valence-corrected chi connectivity index (χ4v) is 2.09. The van der Waals surface area contributed by atoms with Crippen molar-refractivity contribution in [3.05, 3.63) is 29.0 Å². The van der Waals surface area contributed by atoms with Gasteiger partial charge in [0.15, 0.2) is 10.6 Å². The molecular weight excluding hydrogens is 288 g/mol. The first-order valence-electron chi connectivity index (χ1n) is 6.72. The van der Waals surface area contributed by atoms with Crippen LogP contribution in [0.25, 0.3) is 11.4 Å². The molecular formula is C14H18N4O2S. The first-order chi connectivity index (χ1) is 10.2. The van der Waals surface area contributed by atoms with E-state index in [0.717, 1.165) is 17.7 Å². The largest absolute Gasteiger partial charge is 0.497 e. The SMILES string of the molecule is CCCNC(=O)Cn1c(-c2ccc(OC)cc2)n[nH]c1=S. The summed E-state index contributed by atoms with van der Waals surface area (Å²) >= 11 is 5.19. The van der Waals surface area contributed by atoms with E-state index in [1.165, 1.54) is 0 Å². The second-order valence-corrected chi connectivity index (χ2v) is 4.90. The molecule has 1 aromatic heterocycles.